The lowest BCUT2D eigenvalue weighted by atomic mass is 9.86. The van der Waals surface area contributed by atoms with Gasteiger partial charge in [-0.25, -0.2) is 0 Å². The lowest BCUT2D eigenvalue weighted by Crippen LogP contribution is -2.43. The summed E-state index contributed by atoms with van der Waals surface area (Å²) in [7, 11) is 0. The normalized spacial score (nSPS) is 23.8. The van der Waals surface area contributed by atoms with Crippen molar-refractivity contribution in [2.75, 3.05) is 13.3 Å². The van der Waals surface area contributed by atoms with Crippen molar-refractivity contribution in [2.45, 2.75) is 51.5 Å². The third kappa shape index (κ3) is 4.31. The first-order chi connectivity index (χ1) is 12.7. The molecule has 2 unspecified atom stereocenters. The van der Waals surface area contributed by atoms with Crippen molar-refractivity contribution in [1.82, 2.24) is 5.32 Å². The summed E-state index contributed by atoms with van der Waals surface area (Å²) in [4.78, 5) is 17.4. The number of aliphatic imine (C=N–C) groups is 1. The van der Waals surface area contributed by atoms with E-state index in [2.05, 4.69) is 16.4 Å². The van der Waals surface area contributed by atoms with Gasteiger partial charge >= 0.3 is 5.97 Å². The van der Waals surface area contributed by atoms with Gasteiger partial charge in [-0.15, -0.1) is 0 Å². The van der Waals surface area contributed by atoms with Gasteiger partial charge in [0.1, 0.15) is 5.92 Å². The van der Waals surface area contributed by atoms with Crippen LogP contribution in [0.2, 0.25) is 0 Å². The van der Waals surface area contributed by atoms with E-state index in [1.807, 2.05) is 19.1 Å². The van der Waals surface area contributed by atoms with Crippen molar-refractivity contribution in [1.29, 1.82) is 5.26 Å². The minimum Gasteiger partial charge on any atom is -0.465 e. The number of carbonyl (C=O) groups excluding carboxylic acids is 1. The zero-order chi connectivity index (χ0) is 18.4. The third-order valence-electron chi connectivity index (χ3n) is 5.49. The smallest absolute Gasteiger partial charge is 0.316 e. The second-order valence-electron chi connectivity index (χ2n) is 7.19. The number of esters is 1. The molecule has 5 nitrogen and oxygen atoms in total. The first-order valence-electron chi connectivity index (χ1n) is 9.66. The topological polar surface area (TPSA) is 74.5 Å². The molecule has 2 atom stereocenters. The molecule has 1 aliphatic heterocycles. The van der Waals surface area contributed by atoms with Gasteiger partial charge in [-0.2, -0.15) is 5.26 Å². The zero-order valence-corrected chi connectivity index (χ0v) is 15.4. The molecular formula is C21H27N3O2. The highest BCUT2D eigenvalue weighted by molar-refractivity contribution is 6.03. The lowest BCUT2D eigenvalue weighted by molar-refractivity contribution is -0.149. The Morgan fingerprint density at radius 1 is 1.27 bits per heavy atom. The van der Waals surface area contributed by atoms with Crippen LogP contribution in [0.5, 0.6) is 0 Å². The molecule has 1 aliphatic carbocycles. The number of nitriles is 1. The van der Waals surface area contributed by atoms with Crippen LogP contribution in [0, 0.1) is 23.2 Å². The molecule has 0 amide bonds. The minimum atomic E-state index is -0.398. The molecule has 2 aliphatic rings. The Kier molecular flexibility index (Phi) is 6.40. The molecule has 0 saturated heterocycles. The summed E-state index contributed by atoms with van der Waals surface area (Å²) in [6.45, 7) is 3.05. The van der Waals surface area contributed by atoms with Gasteiger partial charge in [-0.3, -0.25) is 15.1 Å². The summed E-state index contributed by atoms with van der Waals surface area (Å²) >= 11 is 0. The van der Waals surface area contributed by atoms with Crippen molar-refractivity contribution in [2.24, 2.45) is 16.8 Å². The highest BCUT2D eigenvalue weighted by atomic mass is 16.5. The van der Waals surface area contributed by atoms with E-state index in [0.717, 1.165) is 30.5 Å². The summed E-state index contributed by atoms with van der Waals surface area (Å²) in [5, 5.41) is 12.3. The summed E-state index contributed by atoms with van der Waals surface area (Å²) in [5.74, 6) is -0.0809. The largest absolute Gasteiger partial charge is 0.465 e. The van der Waals surface area contributed by atoms with E-state index in [1.165, 1.54) is 19.3 Å². The minimum absolute atomic E-state index is 0.158. The Morgan fingerprint density at radius 2 is 2.00 bits per heavy atom. The Morgan fingerprint density at radius 3 is 2.65 bits per heavy atom. The maximum Gasteiger partial charge on any atom is 0.316 e. The molecule has 1 aromatic carbocycles. The van der Waals surface area contributed by atoms with E-state index in [9.17, 15) is 4.79 Å². The van der Waals surface area contributed by atoms with Gasteiger partial charge in [0.05, 0.1) is 31.0 Å². The molecular weight excluding hydrogens is 326 g/mol. The molecule has 1 heterocycles. The van der Waals surface area contributed by atoms with Crippen molar-refractivity contribution in [3.05, 3.63) is 35.4 Å². The van der Waals surface area contributed by atoms with Crippen molar-refractivity contribution in [3.63, 3.8) is 0 Å². The maximum atomic E-state index is 12.9. The molecule has 1 aromatic rings. The monoisotopic (exact) mass is 353 g/mol. The predicted octanol–water partition coefficient (Wildman–Crippen LogP) is 3.75. The molecule has 3 rings (SSSR count). The van der Waals surface area contributed by atoms with Gasteiger partial charge < -0.3 is 4.74 Å². The van der Waals surface area contributed by atoms with Crippen LogP contribution >= 0.6 is 0 Å². The van der Waals surface area contributed by atoms with Gasteiger partial charge in [0.15, 0.2) is 0 Å². The molecule has 0 aromatic heterocycles. The molecule has 138 valence electrons. The molecule has 0 radical (unpaired) electrons. The van der Waals surface area contributed by atoms with E-state index in [-0.39, 0.29) is 12.0 Å². The number of nitrogens with zero attached hydrogens (tertiary/aromatic N) is 2. The molecule has 0 spiro atoms. The van der Waals surface area contributed by atoms with Crippen molar-refractivity contribution >= 4 is 11.7 Å². The fourth-order valence-corrected chi connectivity index (χ4v) is 3.98. The number of ether oxygens (including phenoxy) is 1. The van der Waals surface area contributed by atoms with Crippen LogP contribution in [-0.2, 0) is 9.53 Å². The Bertz CT molecular complexity index is 684. The SMILES string of the molecule is CCC1=NCNC(c2ccc(C#N)cc2)C1C(=O)OCC1CCCCC1. The lowest BCUT2D eigenvalue weighted by Gasteiger charge is -2.32. The maximum absolute atomic E-state index is 12.9. The van der Waals surface area contributed by atoms with E-state index in [4.69, 9.17) is 10.00 Å². The van der Waals surface area contributed by atoms with Crippen molar-refractivity contribution < 1.29 is 9.53 Å². The molecule has 1 N–H and O–H groups in total. The van der Waals surface area contributed by atoms with Crippen molar-refractivity contribution in [3.8, 4) is 6.07 Å². The van der Waals surface area contributed by atoms with Gasteiger partial charge in [0.25, 0.3) is 0 Å². The number of hydrogen-bond donors (Lipinski definition) is 1. The molecule has 1 saturated carbocycles. The van der Waals surface area contributed by atoms with Crippen LogP contribution in [0.4, 0.5) is 0 Å². The quantitative estimate of drug-likeness (QED) is 0.818. The van der Waals surface area contributed by atoms with Gasteiger partial charge in [0, 0.05) is 5.71 Å². The first kappa shape index (κ1) is 18.6. The highest BCUT2D eigenvalue weighted by Gasteiger charge is 2.36. The van der Waals surface area contributed by atoms with Crippen LogP contribution in [0.25, 0.3) is 0 Å². The van der Waals surface area contributed by atoms with Crippen LogP contribution in [-0.4, -0.2) is 25.0 Å². The first-order valence-corrected chi connectivity index (χ1v) is 9.66. The Balaban J connectivity index is 1.73. The number of benzene rings is 1. The summed E-state index contributed by atoms with van der Waals surface area (Å²) in [6.07, 6.45) is 6.82. The second-order valence-corrected chi connectivity index (χ2v) is 7.19. The predicted molar refractivity (Wildman–Crippen MR) is 101 cm³/mol. The van der Waals surface area contributed by atoms with Gasteiger partial charge in [-0.1, -0.05) is 38.3 Å². The fraction of sp³-hybridized carbons (Fsp3) is 0.571. The van der Waals surface area contributed by atoms with E-state index < -0.39 is 5.92 Å². The Labute approximate surface area is 155 Å². The van der Waals surface area contributed by atoms with Crippen LogP contribution in [0.1, 0.15) is 62.6 Å². The standard InChI is InChI=1S/C21H27N3O2/c1-2-18-19(21(25)26-13-16-6-4-3-5-7-16)20(24-14-23-18)17-10-8-15(12-22)9-11-17/h8-11,16,19-20,24H,2-7,13-14H2,1H3. The molecule has 0 bridgehead atoms. The average Bonchev–Trinajstić information content (AvgIpc) is 2.72. The average molecular weight is 353 g/mol. The van der Waals surface area contributed by atoms with E-state index >= 15 is 0 Å². The summed E-state index contributed by atoms with van der Waals surface area (Å²) in [6, 6.07) is 9.38. The van der Waals surface area contributed by atoms with Gasteiger partial charge in [-0.05, 0) is 42.9 Å². The van der Waals surface area contributed by atoms with Crippen LogP contribution in [0.3, 0.4) is 0 Å². The second kappa shape index (κ2) is 8.95. The number of nitrogens with one attached hydrogen (secondary N) is 1. The van der Waals surface area contributed by atoms with Gasteiger partial charge in [0.2, 0.25) is 0 Å². The third-order valence-corrected chi connectivity index (χ3v) is 5.49. The fourth-order valence-electron chi connectivity index (χ4n) is 3.98. The molecule has 5 heteroatoms. The summed E-state index contributed by atoms with van der Waals surface area (Å²) in [5.41, 5.74) is 2.50. The van der Waals surface area contributed by atoms with E-state index in [0.29, 0.717) is 24.8 Å². The number of carbonyl (C=O) groups is 1. The summed E-state index contributed by atoms with van der Waals surface area (Å²) < 4.78 is 5.74. The number of hydrogen-bond acceptors (Lipinski definition) is 5. The highest BCUT2D eigenvalue weighted by Crippen LogP contribution is 2.30. The van der Waals surface area contributed by atoms with Crippen LogP contribution in [0.15, 0.2) is 29.3 Å². The molecule has 26 heavy (non-hydrogen) atoms. The Hall–Kier alpha value is -2.19. The molecule has 1 fully saturated rings. The number of rotatable bonds is 5. The van der Waals surface area contributed by atoms with Crippen LogP contribution < -0.4 is 5.32 Å². The van der Waals surface area contributed by atoms with E-state index in [1.54, 1.807) is 12.1 Å². The zero-order valence-electron chi connectivity index (χ0n) is 15.4.